The molecule has 0 aromatic heterocycles. The maximum Gasteiger partial charge on any atom is 0.232 e. The topological polar surface area (TPSA) is 20.3 Å². The summed E-state index contributed by atoms with van der Waals surface area (Å²) in [4.78, 5) is 14.4. The summed E-state index contributed by atoms with van der Waals surface area (Å²) in [5.41, 5.74) is 1.29. The zero-order valence-electron chi connectivity index (χ0n) is 11.8. The summed E-state index contributed by atoms with van der Waals surface area (Å²) in [5.74, 6) is 2.41. The van der Waals surface area contributed by atoms with E-state index in [9.17, 15) is 4.79 Å². The van der Waals surface area contributed by atoms with E-state index in [2.05, 4.69) is 30.9 Å². The fourth-order valence-electron chi connectivity index (χ4n) is 2.15. The molecule has 0 N–H and O–H groups in total. The van der Waals surface area contributed by atoms with Gasteiger partial charge < -0.3 is 4.90 Å². The van der Waals surface area contributed by atoms with Crippen LogP contribution in [0.25, 0.3) is 0 Å². The van der Waals surface area contributed by atoms with Crippen molar-refractivity contribution in [2.24, 2.45) is 5.92 Å². The molecule has 1 fully saturated rings. The van der Waals surface area contributed by atoms with Crippen molar-refractivity contribution in [3.8, 4) is 0 Å². The predicted molar refractivity (Wildman–Crippen MR) is 82.2 cm³/mol. The second kappa shape index (κ2) is 6.99. The standard InChI is InChI=1S/C16H23NOS/c1-13(2)10-17(15-8-9-15)16(18)12-19-11-14-6-4-3-5-7-14/h3-7,13,15H,8-12H2,1-2H3. The van der Waals surface area contributed by atoms with Gasteiger partial charge in [0.1, 0.15) is 0 Å². The van der Waals surface area contributed by atoms with Crippen molar-refractivity contribution < 1.29 is 4.79 Å². The highest BCUT2D eigenvalue weighted by Gasteiger charge is 2.32. The Labute approximate surface area is 120 Å². The van der Waals surface area contributed by atoms with Crippen LogP contribution < -0.4 is 0 Å². The maximum atomic E-state index is 12.3. The van der Waals surface area contributed by atoms with Crippen LogP contribution in [0, 0.1) is 5.92 Å². The Morgan fingerprint density at radius 1 is 1.32 bits per heavy atom. The van der Waals surface area contributed by atoms with Crippen LogP contribution in [0.1, 0.15) is 32.3 Å². The molecule has 0 unspecified atom stereocenters. The van der Waals surface area contributed by atoms with Gasteiger partial charge in [0.15, 0.2) is 0 Å². The number of nitrogens with zero attached hydrogens (tertiary/aromatic N) is 1. The zero-order chi connectivity index (χ0) is 13.7. The molecule has 1 aromatic rings. The zero-order valence-corrected chi connectivity index (χ0v) is 12.7. The predicted octanol–water partition coefficient (Wildman–Crippen LogP) is 3.57. The Hall–Kier alpha value is -0.960. The molecule has 0 aliphatic heterocycles. The highest BCUT2D eigenvalue weighted by Crippen LogP contribution is 2.28. The molecular weight excluding hydrogens is 254 g/mol. The monoisotopic (exact) mass is 277 g/mol. The van der Waals surface area contributed by atoms with Gasteiger partial charge in [-0.1, -0.05) is 44.2 Å². The van der Waals surface area contributed by atoms with E-state index < -0.39 is 0 Å². The van der Waals surface area contributed by atoms with Crippen LogP contribution in [0.5, 0.6) is 0 Å². The fourth-order valence-corrected chi connectivity index (χ4v) is 3.02. The van der Waals surface area contributed by atoms with Gasteiger partial charge in [-0.25, -0.2) is 0 Å². The van der Waals surface area contributed by atoms with E-state index in [1.165, 1.54) is 18.4 Å². The van der Waals surface area contributed by atoms with E-state index in [1.54, 1.807) is 11.8 Å². The second-order valence-corrected chi connectivity index (χ2v) is 6.64. The SMILES string of the molecule is CC(C)CN(C(=O)CSCc1ccccc1)C1CC1. The highest BCUT2D eigenvalue weighted by molar-refractivity contribution is 7.99. The Morgan fingerprint density at radius 2 is 2.00 bits per heavy atom. The van der Waals surface area contributed by atoms with E-state index in [0.717, 1.165) is 12.3 Å². The molecule has 3 heteroatoms. The minimum Gasteiger partial charge on any atom is -0.339 e. The number of carbonyl (C=O) groups is 1. The molecule has 19 heavy (non-hydrogen) atoms. The molecule has 1 saturated carbocycles. The lowest BCUT2D eigenvalue weighted by Crippen LogP contribution is -2.37. The second-order valence-electron chi connectivity index (χ2n) is 5.65. The third kappa shape index (κ3) is 4.90. The van der Waals surface area contributed by atoms with Gasteiger partial charge in [-0.05, 0) is 24.3 Å². The van der Waals surface area contributed by atoms with Crippen LogP contribution in [0.2, 0.25) is 0 Å². The van der Waals surface area contributed by atoms with E-state index in [4.69, 9.17) is 0 Å². The lowest BCUT2D eigenvalue weighted by atomic mass is 10.2. The third-order valence-corrected chi connectivity index (χ3v) is 4.20. The van der Waals surface area contributed by atoms with Crippen molar-refractivity contribution in [1.82, 2.24) is 4.90 Å². The van der Waals surface area contributed by atoms with Gasteiger partial charge in [0.25, 0.3) is 0 Å². The molecule has 1 aromatic carbocycles. The summed E-state index contributed by atoms with van der Waals surface area (Å²) in [7, 11) is 0. The number of benzene rings is 1. The van der Waals surface area contributed by atoms with Crippen LogP contribution >= 0.6 is 11.8 Å². The minimum atomic E-state index is 0.317. The lowest BCUT2D eigenvalue weighted by molar-refractivity contribution is -0.129. The molecule has 0 saturated heterocycles. The molecule has 104 valence electrons. The Bertz CT molecular complexity index is 400. The number of hydrogen-bond acceptors (Lipinski definition) is 2. The Balaban J connectivity index is 1.76. The molecule has 1 amide bonds. The summed E-state index contributed by atoms with van der Waals surface area (Å²) in [5, 5.41) is 0. The molecule has 0 spiro atoms. The van der Waals surface area contributed by atoms with Crippen molar-refractivity contribution in [2.45, 2.75) is 38.5 Å². The molecule has 0 radical (unpaired) electrons. The summed E-state index contributed by atoms with van der Waals surface area (Å²) in [6.07, 6.45) is 2.39. The van der Waals surface area contributed by atoms with Gasteiger partial charge in [0.2, 0.25) is 5.91 Å². The highest BCUT2D eigenvalue weighted by atomic mass is 32.2. The first kappa shape index (κ1) is 14.4. The lowest BCUT2D eigenvalue weighted by Gasteiger charge is -2.24. The number of rotatable bonds is 7. The normalized spacial score (nSPS) is 14.7. The van der Waals surface area contributed by atoms with E-state index in [-0.39, 0.29) is 0 Å². The van der Waals surface area contributed by atoms with Gasteiger partial charge in [-0.2, -0.15) is 0 Å². The third-order valence-electron chi connectivity index (χ3n) is 3.21. The van der Waals surface area contributed by atoms with Crippen LogP contribution in [0.3, 0.4) is 0 Å². The van der Waals surface area contributed by atoms with Crippen LogP contribution in [0.15, 0.2) is 30.3 Å². The number of carbonyl (C=O) groups excluding carboxylic acids is 1. The average molecular weight is 277 g/mol. The Morgan fingerprint density at radius 3 is 2.58 bits per heavy atom. The Kier molecular flexibility index (Phi) is 5.32. The van der Waals surface area contributed by atoms with Crippen molar-refractivity contribution in [3.05, 3.63) is 35.9 Å². The summed E-state index contributed by atoms with van der Waals surface area (Å²) >= 11 is 1.72. The number of hydrogen-bond donors (Lipinski definition) is 0. The van der Waals surface area contributed by atoms with Crippen LogP contribution in [0.4, 0.5) is 0 Å². The number of thioether (sulfide) groups is 1. The molecule has 2 nitrogen and oxygen atoms in total. The van der Waals surface area contributed by atoms with Gasteiger partial charge >= 0.3 is 0 Å². The molecule has 0 heterocycles. The van der Waals surface area contributed by atoms with Crippen LogP contribution in [-0.2, 0) is 10.5 Å². The average Bonchev–Trinajstić information content (AvgIpc) is 3.21. The summed E-state index contributed by atoms with van der Waals surface area (Å²) in [6, 6.07) is 10.9. The van der Waals surface area contributed by atoms with E-state index in [1.807, 2.05) is 18.2 Å². The first-order chi connectivity index (χ1) is 9.16. The summed E-state index contributed by atoms with van der Waals surface area (Å²) in [6.45, 7) is 5.27. The maximum absolute atomic E-state index is 12.3. The van der Waals surface area contributed by atoms with Gasteiger partial charge in [-0.3, -0.25) is 4.79 Å². The quantitative estimate of drug-likeness (QED) is 0.759. The molecule has 0 bridgehead atoms. The van der Waals surface area contributed by atoms with Crippen molar-refractivity contribution in [1.29, 1.82) is 0 Å². The van der Waals surface area contributed by atoms with Gasteiger partial charge in [0.05, 0.1) is 5.75 Å². The fraction of sp³-hybridized carbons (Fsp3) is 0.562. The van der Waals surface area contributed by atoms with E-state index in [0.29, 0.717) is 23.6 Å². The largest absolute Gasteiger partial charge is 0.339 e. The van der Waals surface area contributed by atoms with Gasteiger partial charge in [0, 0.05) is 18.3 Å². The van der Waals surface area contributed by atoms with Crippen molar-refractivity contribution in [2.75, 3.05) is 12.3 Å². The first-order valence-electron chi connectivity index (χ1n) is 7.08. The van der Waals surface area contributed by atoms with Crippen molar-refractivity contribution >= 4 is 17.7 Å². The van der Waals surface area contributed by atoms with Gasteiger partial charge in [-0.15, -0.1) is 11.8 Å². The minimum absolute atomic E-state index is 0.317. The summed E-state index contributed by atoms with van der Waals surface area (Å²) < 4.78 is 0. The first-order valence-corrected chi connectivity index (χ1v) is 8.23. The molecule has 1 aliphatic carbocycles. The smallest absolute Gasteiger partial charge is 0.232 e. The molecule has 2 rings (SSSR count). The molecule has 1 aliphatic rings. The van der Waals surface area contributed by atoms with Crippen LogP contribution in [-0.4, -0.2) is 29.1 Å². The molecular formula is C16H23NOS. The van der Waals surface area contributed by atoms with Crippen molar-refractivity contribution in [3.63, 3.8) is 0 Å². The number of amides is 1. The van der Waals surface area contributed by atoms with E-state index >= 15 is 0 Å². The molecule has 0 atom stereocenters.